The van der Waals surface area contributed by atoms with Crippen molar-refractivity contribution in [3.8, 4) is 11.5 Å². The zero-order chi connectivity index (χ0) is 26.0. The fourth-order valence-corrected chi connectivity index (χ4v) is 4.39. The van der Waals surface area contributed by atoms with Gasteiger partial charge in [0.25, 0.3) is 0 Å². The first-order valence-electron chi connectivity index (χ1n) is 11.1. The van der Waals surface area contributed by atoms with E-state index in [-0.39, 0.29) is 23.6 Å². The molecular weight excluding hydrogens is 491 g/mol. The Morgan fingerprint density at radius 2 is 1.46 bits per heavy atom. The summed E-state index contributed by atoms with van der Waals surface area (Å²) in [6.07, 6.45) is -4.50. The average molecular weight is 514 g/mol. The predicted molar refractivity (Wildman–Crippen MR) is 108 cm³/mol. The van der Waals surface area contributed by atoms with Crippen molar-refractivity contribution < 1.29 is 49.0 Å². The third-order valence-corrected chi connectivity index (χ3v) is 6.02. The maximum absolute atomic E-state index is 14.6. The molecule has 0 bridgehead atoms. The molecule has 1 aliphatic carbocycles. The standard InChI is InChI=1S/C24H23F9O2/c1-2-3-13-4-6-14(7-5-13)16-8-9-19(22(28)21(16)27)34-12-23(29,30)35-15-10-17(25)20(18(26)11-15)24(31,32)33/h8-11,13-14H,2-7,12H2,1H3. The number of hydrogen-bond donors (Lipinski definition) is 0. The van der Waals surface area contributed by atoms with Crippen LogP contribution >= 0.6 is 0 Å². The van der Waals surface area contributed by atoms with Crippen molar-refractivity contribution in [3.05, 3.63) is 58.7 Å². The summed E-state index contributed by atoms with van der Waals surface area (Å²) < 4.78 is 131. The lowest BCUT2D eigenvalue weighted by atomic mass is 9.77. The summed E-state index contributed by atoms with van der Waals surface area (Å²) in [5.74, 6) is -8.74. The quantitative estimate of drug-likeness (QED) is 0.330. The zero-order valence-electron chi connectivity index (χ0n) is 18.6. The molecule has 0 radical (unpaired) electrons. The van der Waals surface area contributed by atoms with Crippen molar-refractivity contribution in [1.29, 1.82) is 0 Å². The fourth-order valence-electron chi connectivity index (χ4n) is 4.39. The summed E-state index contributed by atoms with van der Waals surface area (Å²) in [5, 5.41) is 0. The molecule has 35 heavy (non-hydrogen) atoms. The largest absolute Gasteiger partial charge is 0.480 e. The van der Waals surface area contributed by atoms with Crippen LogP contribution in [-0.4, -0.2) is 12.7 Å². The first-order chi connectivity index (χ1) is 16.3. The zero-order valence-corrected chi connectivity index (χ0v) is 18.6. The highest BCUT2D eigenvalue weighted by Crippen LogP contribution is 2.40. The third kappa shape index (κ3) is 6.55. The topological polar surface area (TPSA) is 18.5 Å². The van der Waals surface area contributed by atoms with Crippen molar-refractivity contribution in [1.82, 2.24) is 0 Å². The van der Waals surface area contributed by atoms with E-state index in [1.54, 1.807) is 0 Å². The van der Waals surface area contributed by atoms with Crippen LogP contribution in [0.3, 0.4) is 0 Å². The molecule has 1 fully saturated rings. The van der Waals surface area contributed by atoms with Crippen LogP contribution in [0.25, 0.3) is 0 Å². The van der Waals surface area contributed by atoms with Crippen LogP contribution in [0, 0.1) is 29.2 Å². The van der Waals surface area contributed by atoms with Crippen molar-refractivity contribution >= 4 is 0 Å². The van der Waals surface area contributed by atoms with Crippen molar-refractivity contribution in [3.63, 3.8) is 0 Å². The third-order valence-electron chi connectivity index (χ3n) is 6.02. The van der Waals surface area contributed by atoms with E-state index >= 15 is 0 Å². The van der Waals surface area contributed by atoms with E-state index in [4.69, 9.17) is 0 Å². The van der Waals surface area contributed by atoms with Crippen LogP contribution in [0.2, 0.25) is 0 Å². The van der Waals surface area contributed by atoms with Crippen LogP contribution in [0.5, 0.6) is 11.5 Å². The molecule has 3 rings (SSSR count). The average Bonchev–Trinajstić information content (AvgIpc) is 2.74. The molecule has 0 atom stereocenters. The van der Waals surface area contributed by atoms with E-state index < -0.39 is 59.2 Å². The summed E-state index contributed by atoms with van der Waals surface area (Å²) in [7, 11) is 0. The summed E-state index contributed by atoms with van der Waals surface area (Å²) in [6, 6.07) is 2.13. The second-order valence-corrected chi connectivity index (χ2v) is 8.57. The highest BCUT2D eigenvalue weighted by atomic mass is 19.4. The van der Waals surface area contributed by atoms with E-state index in [0.717, 1.165) is 31.7 Å². The SMILES string of the molecule is CCCC1CCC(c2ccc(OCC(F)(F)Oc3cc(F)c(C(F)(F)F)c(F)c3)c(F)c2F)CC1. The Morgan fingerprint density at radius 1 is 0.857 bits per heavy atom. The van der Waals surface area contributed by atoms with E-state index in [1.165, 1.54) is 6.07 Å². The monoisotopic (exact) mass is 514 g/mol. The summed E-state index contributed by atoms with van der Waals surface area (Å²) in [5.41, 5.74) is -2.13. The number of rotatable bonds is 8. The van der Waals surface area contributed by atoms with Crippen molar-refractivity contribution in [2.24, 2.45) is 5.92 Å². The molecule has 0 aromatic heterocycles. The van der Waals surface area contributed by atoms with Gasteiger partial charge in [0.2, 0.25) is 5.82 Å². The summed E-state index contributed by atoms with van der Waals surface area (Å²) >= 11 is 0. The van der Waals surface area contributed by atoms with Gasteiger partial charge in [0, 0.05) is 12.1 Å². The molecule has 0 spiro atoms. The molecule has 194 valence electrons. The first kappa shape index (κ1) is 27.0. The Hall–Kier alpha value is -2.59. The Balaban J connectivity index is 1.66. The smallest absolute Gasteiger partial charge is 0.433 e. The van der Waals surface area contributed by atoms with Crippen molar-refractivity contribution in [2.45, 2.75) is 63.7 Å². The molecule has 0 unspecified atom stereocenters. The molecule has 0 N–H and O–H groups in total. The van der Waals surface area contributed by atoms with E-state index in [2.05, 4.69) is 16.4 Å². The van der Waals surface area contributed by atoms with Gasteiger partial charge in [-0.1, -0.05) is 25.8 Å². The van der Waals surface area contributed by atoms with Gasteiger partial charge in [-0.2, -0.15) is 26.3 Å². The minimum Gasteiger partial charge on any atom is -0.480 e. The van der Waals surface area contributed by atoms with Gasteiger partial charge >= 0.3 is 12.3 Å². The lowest BCUT2D eigenvalue weighted by Crippen LogP contribution is -2.33. The number of alkyl halides is 5. The lowest BCUT2D eigenvalue weighted by molar-refractivity contribution is -0.196. The highest BCUT2D eigenvalue weighted by molar-refractivity contribution is 5.34. The summed E-state index contributed by atoms with van der Waals surface area (Å²) in [4.78, 5) is 0. The molecule has 11 heteroatoms. The molecule has 2 aromatic rings. The minimum absolute atomic E-state index is 0.0654. The van der Waals surface area contributed by atoms with Crippen LogP contribution < -0.4 is 9.47 Å². The van der Waals surface area contributed by atoms with Crippen LogP contribution in [0.15, 0.2) is 24.3 Å². The highest BCUT2D eigenvalue weighted by Gasteiger charge is 2.40. The number of halogens is 9. The van der Waals surface area contributed by atoms with Gasteiger partial charge in [0.15, 0.2) is 18.2 Å². The molecule has 0 amide bonds. The number of ether oxygens (including phenoxy) is 2. The maximum Gasteiger partial charge on any atom is 0.433 e. The molecule has 1 saturated carbocycles. The summed E-state index contributed by atoms with van der Waals surface area (Å²) in [6.45, 7) is 0.379. The van der Waals surface area contributed by atoms with Gasteiger partial charge in [-0.25, -0.2) is 13.2 Å². The Morgan fingerprint density at radius 3 is 2.00 bits per heavy atom. The molecule has 2 aromatic carbocycles. The van der Waals surface area contributed by atoms with E-state index in [9.17, 15) is 39.5 Å². The van der Waals surface area contributed by atoms with Crippen LogP contribution in [0.4, 0.5) is 39.5 Å². The van der Waals surface area contributed by atoms with E-state index in [0.29, 0.717) is 18.8 Å². The maximum atomic E-state index is 14.6. The predicted octanol–water partition coefficient (Wildman–Crippen LogP) is 8.39. The molecular formula is C24H23F9O2. The molecule has 0 aliphatic heterocycles. The first-order valence-corrected chi connectivity index (χ1v) is 11.1. The van der Waals surface area contributed by atoms with E-state index in [1.807, 2.05) is 0 Å². The van der Waals surface area contributed by atoms with Gasteiger partial charge < -0.3 is 9.47 Å². The second kappa shape index (κ2) is 10.6. The number of benzene rings is 2. The Labute approximate surface area is 196 Å². The Bertz CT molecular complexity index is 1010. The molecule has 0 heterocycles. The normalized spacial score (nSPS) is 19.0. The van der Waals surface area contributed by atoms with Crippen LogP contribution in [-0.2, 0) is 6.18 Å². The lowest BCUT2D eigenvalue weighted by Gasteiger charge is -2.29. The Kier molecular flexibility index (Phi) is 8.16. The molecule has 1 aliphatic rings. The fraction of sp³-hybridized carbons (Fsp3) is 0.500. The van der Waals surface area contributed by atoms with Gasteiger partial charge in [-0.05, 0) is 49.1 Å². The van der Waals surface area contributed by atoms with Crippen LogP contribution in [0.1, 0.15) is 62.5 Å². The van der Waals surface area contributed by atoms with Crippen molar-refractivity contribution in [2.75, 3.05) is 6.61 Å². The number of hydrogen-bond acceptors (Lipinski definition) is 2. The van der Waals surface area contributed by atoms with Gasteiger partial charge in [0.05, 0.1) is 0 Å². The van der Waals surface area contributed by atoms with Gasteiger partial charge in [0.1, 0.15) is 22.9 Å². The molecule has 2 nitrogen and oxygen atoms in total. The molecule has 0 saturated heterocycles. The van der Waals surface area contributed by atoms with Gasteiger partial charge in [-0.3, -0.25) is 0 Å². The van der Waals surface area contributed by atoms with Gasteiger partial charge in [-0.15, -0.1) is 0 Å². The second-order valence-electron chi connectivity index (χ2n) is 8.57. The minimum atomic E-state index is -5.39.